The Kier molecular flexibility index (Phi) is 5.77. The number of aryl methyl sites for hydroxylation is 1. The summed E-state index contributed by atoms with van der Waals surface area (Å²) in [6.07, 6.45) is 3.89. The molecule has 2 fully saturated rings. The molecule has 4 rings (SSSR count). The predicted molar refractivity (Wildman–Crippen MR) is 110 cm³/mol. The third kappa shape index (κ3) is 4.27. The van der Waals surface area contributed by atoms with E-state index in [0.717, 1.165) is 19.6 Å². The van der Waals surface area contributed by atoms with Gasteiger partial charge in [0.25, 0.3) is 5.91 Å². The molecule has 0 saturated carbocycles. The molecule has 4 heteroatoms. The summed E-state index contributed by atoms with van der Waals surface area (Å²) in [7, 11) is 0. The minimum atomic E-state index is -0.307. The van der Waals surface area contributed by atoms with Gasteiger partial charge in [0.1, 0.15) is 5.82 Å². The summed E-state index contributed by atoms with van der Waals surface area (Å²) in [5, 5.41) is 0. The second-order valence-electron chi connectivity index (χ2n) is 8.36. The number of hydrogen-bond acceptors (Lipinski definition) is 2. The quantitative estimate of drug-likeness (QED) is 0.781. The average Bonchev–Trinajstić information content (AvgIpc) is 3.13. The van der Waals surface area contributed by atoms with E-state index in [4.69, 9.17) is 0 Å². The SMILES string of the molecule is Cc1ccc([C@H]2CN(C(=O)c3ccc(F)cc3)C[C@@H]2CN2CCCCC2)cc1. The van der Waals surface area contributed by atoms with E-state index < -0.39 is 0 Å². The summed E-state index contributed by atoms with van der Waals surface area (Å²) >= 11 is 0. The van der Waals surface area contributed by atoms with Crippen LogP contribution in [0.4, 0.5) is 4.39 Å². The molecule has 2 aromatic rings. The molecule has 0 bridgehead atoms. The van der Waals surface area contributed by atoms with Crippen LogP contribution in [0.15, 0.2) is 48.5 Å². The van der Waals surface area contributed by atoms with E-state index in [2.05, 4.69) is 36.1 Å². The van der Waals surface area contributed by atoms with Crippen molar-refractivity contribution < 1.29 is 9.18 Å². The van der Waals surface area contributed by atoms with Crippen LogP contribution in [-0.2, 0) is 0 Å². The van der Waals surface area contributed by atoms with Gasteiger partial charge in [-0.3, -0.25) is 4.79 Å². The first kappa shape index (κ1) is 19.1. The van der Waals surface area contributed by atoms with Gasteiger partial charge in [-0.15, -0.1) is 0 Å². The lowest BCUT2D eigenvalue weighted by atomic mass is 9.88. The number of likely N-dealkylation sites (tertiary alicyclic amines) is 2. The van der Waals surface area contributed by atoms with Gasteiger partial charge in [0.2, 0.25) is 0 Å². The van der Waals surface area contributed by atoms with Crippen LogP contribution in [0.5, 0.6) is 0 Å². The highest BCUT2D eigenvalue weighted by atomic mass is 19.1. The summed E-state index contributed by atoms with van der Waals surface area (Å²) in [6, 6.07) is 14.7. The number of nitrogens with zero attached hydrogens (tertiary/aromatic N) is 2. The minimum absolute atomic E-state index is 0.0123. The molecule has 0 aromatic heterocycles. The Bertz CT molecular complexity index is 796. The number of benzene rings is 2. The number of hydrogen-bond donors (Lipinski definition) is 0. The van der Waals surface area contributed by atoms with Gasteiger partial charge < -0.3 is 9.80 Å². The van der Waals surface area contributed by atoms with Crippen molar-refractivity contribution in [3.8, 4) is 0 Å². The Morgan fingerprint density at radius 2 is 1.64 bits per heavy atom. The number of rotatable bonds is 4. The first-order chi connectivity index (χ1) is 13.6. The molecule has 2 heterocycles. The van der Waals surface area contributed by atoms with Crippen LogP contribution in [0.25, 0.3) is 0 Å². The van der Waals surface area contributed by atoms with Crippen molar-refractivity contribution in [1.82, 2.24) is 9.80 Å². The molecule has 0 radical (unpaired) electrons. The molecule has 0 spiro atoms. The number of carbonyl (C=O) groups is 1. The molecular formula is C24H29FN2O. The molecule has 2 aromatic carbocycles. The van der Waals surface area contributed by atoms with E-state index in [9.17, 15) is 9.18 Å². The van der Waals surface area contributed by atoms with Crippen LogP contribution < -0.4 is 0 Å². The largest absolute Gasteiger partial charge is 0.338 e. The fourth-order valence-electron chi connectivity index (χ4n) is 4.66. The minimum Gasteiger partial charge on any atom is -0.338 e. The third-order valence-electron chi connectivity index (χ3n) is 6.27. The van der Waals surface area contributed by atoms with Gasteiger partial charge >= 0.3 is 0 Å². The highest BCUT2D eigenvalue weighted by molar-refractivity contribution is 5.94. The molecule has 2 aliphatic rings. The molecule has 0 unspecified atom stereocenters. The lowest BCUT2D eigenvalue weighted by molar-refractivity contribution is 0.0781. The van der Waals surface area contributed by atoms with Crippen LogP contribution in [0.2, 0.25) is 0 Å². The first-order valence-corrected chi connectivity index (χ1v) is 10.4. The molecule has 2 aliphatic heterocycles. The van der Waals surface area contributed by atoms with E-state index in [1.54, 1.807) is 12.1 Å². The van der Waals surface area contributed by atoms with Crippen LogP contribution in [-0.4, -0.2) is 48.4 Å². The lowest BCUT2D eigenvalue weighted by Crippen LogP contribution is -2.36. The van der Waals surface area contributed by atoms with E-state index in [-0.39, 0.29) is 11.7 Å². The fourth-order valence-corrected chi connectivity index (χ4v) is 4.66. The summed E-state index contributed by atoms with van der Waals surface area (Å²) in [4.78, 5) is 17.6. The maximum absolute atomic E-state index is 13.2. The topological polar surface area (TPSA) is 23.6 Å². The smallest absolute Gasteiger partial charge is 0.253 e. The second kappa shape index (κ2) is 8.44. The maximum Gasteiger partial charge on any atom is 0.253 e. The van der Waals surface area contributed by atoms with Crippen molar-refractivity contribution in [1.29, 1.82) is 0 Å². The molecule has 2 atom stereocenters. The van der Waals surface area contributed by atoms with E-state index in [0.29, 0.717) is 17.4 Å². The molecule has 148 valence electrons. The standard InChI is InChI=1S/C24H29FN2O/c1-18-5-7-19(8-6-18)23-17-27(24(28)20-9-11-22(25)12-10-20)16-21(23)15-26-13-3-2-4-14-26/h5-12,21,23H,2-4,13-17H2,1H3/t21-,23+/m0/s1. The average molecular weight is 381 g/mol. The third-order valence-corrected chi connectivity index (χ3v) is 6.27. The van der Waals surface area contributed by atoms with Crippen molar-refractivity contribution >= 4 is 5.91 Å². The van der Waals surface area contributed by atoms with Crippen molar-refractivity contribution in [2.75, 3.05) is 32.7 Å². The lowest BCUT2D eigenvalue weighted by Gasteiger charge is -2.31. The monoisotopic (exact) mass is 380 g/mol. The van der Waals surface area contributed by atoms with Crippen LogP contribution in [0, 0.1) is 18.7 Å². The molecule has 1 amide bonds. The number of halogens is 1. The second-order valence-corrected chi connectivity index (χ2v) is 8.36. The predicted octanol–water partition coefficient (Wildman–Crippen LogP) is 4.48. The Morgan fingerprint density at radius 3 is 2.32 bits per heavy atom. The first-order valence-electron chi connectivity index (χ1n) is 10.4. The van der Waals surface area contributed by atoms with Gasteiger partial charge in [0.05, 0.1) is 0 Å². The Balaban J connectivity index is 1.54. The summed E-state index contributed by atoms with van der Waals surface area (Å²) in [6.45, 7) is 6.99. The summed E-state index contributed by atoms with van der Waals surface area (Å²) < 4.78 is 13.2. The van der Waals surface area contributed by atoms with Crippen LogP contribution >= 0.6 is 0 Å². The van der Waals surface area contributed by atoms with Crippen molar-refractivity contribution in [3.63, 3.8) is 0 Å². The van der Waals surface area contributed by atoms with Gasteiger partial charge in [0, 0.05) is 31.1 Å². The van der Waals surface area contributed by atoms with Gasteiger partial charge in [0.15, 0.2) is 0 Å². The molecule has 0 N–H and O–H groups in total. The highest BCUT2D eigenvalue weighted by Crippen LogP contribution is 2.34. The maximum atomic E-state index is 13.2. The van der Waals surface area contributed by atoms with E-state index in [1.165, 1.54) is 55.6 Å². The zero-order chi connectivity index (χ0) is 19.5. The van der Waals surface area contributed by atoms with Crippen molar-refractivity contribution in [2.45, 2.75) is 32.1 Å². The van der Waals surface area contributed by atoms with Crippen LogP contribution in [0.3, 0.4) is 0 Å². The van der Waals surface area contributed by atoms with Crippen LogP contribution in [0.1, 0.15) is 46.7 Å². The molecular weight excluding hydrogens is 351 g/mol. The molecule has 0 aliphatic carbocycles. The van der Waals surface area contributed by atoms with Crippen molar-refractivity contribution in [2.24, 2.45) is 5.92 Å². The normalized spacial score (nSPS) is 23.1. The van der Waals surface area contributed by atoms with Crippen molar-refractivity contribution in [3.05, 3.63) is 71.0 Å². The van der Waals surface area contributed by atoms with Gasteiger partial charge in [-0.2, -0.15) is 0 Å². The molecule has 28 heavy (non-hydrogen) atoms. The number of amides is 1. The van der Waals surface area contributed by atoms with Gasteiger partial charge in [-0.05, 0) is 68.6 Å². The molecule has 3 nitrogen and oxygen atoms in total. The molecule has 2 saturated heterocycles. The summed E-state index contributed by atoms with van der Waals surface area (Å²) in [5.74, 6) is 0.494. The highest BCUT2D eigenvalue weighted by Gasteiger charge is 2.37. The van der Waals surface area contributed by atoms with E-state index in [1.807, 2.05) is 4.90 Å². The summed E-state index contributed by atoms with van der Waals surface area (Å²) in [5.41, 5.74) is 3.15. The number of carbonyl (C=O) groups excluding carboxylic acids is 1. The fraction of sp³-hybridized carbons (Fsp3) is 0.458. The Morgan fingerprint density at radius 1 is 0.964 bits per heavy atom. The Hall–Kier alpha value is -2.20. The Labute approximate surface area is 167 Å². The van der Waals surface area contributed by atoms with Gasteiger partial charge in [-0.25, -0.2) is 4.39 Å². The number of piperidine rings is 1. The zero-order valence-electron chi connectivity index (χ0n) is 16.6. The zero-order valence-corrected chi connectivity index (χ0v) is 16.6. The van der Waals surface area contributed by atoms with E-state index >= 15 is 0 Å². The van der Waals surface area contributed by atoms with Gasteiger partial charge in [-0.1, -0.05) is 36.2 Å².